The molecule has 1 heterocycles. The molecule has 0 aromatic rings. The number of aliphatic hydroxyl groups excluding tert-OH is 7. The van der Waals surface area contributed by atoms with Crippen LogP contribution in [0, 0.1) is 0 Å². The van der Waals surface area contributed by atoms with Gasteiger partial charge in [0.15, 0.2) is 12.1 Å². The molecular weight excluding hydrogens is 332 g/mol. The lowest BCUT2D eigenvalue weighted by atomic mass is 9.98. The third-order valence-corrected chi connectivity index (χ3v) is 3.61. The van der Waals surface area contributed by atoms with Gasteiger partial charge in [0.25, 0.3) is 0 Å². The first-order valence-electron chi connectivity index (χ1n) is 7.17. The van der Waals surface area contributed by atoms with E-state index < -0.39 is 74.6 Å². The van der Waals surface area contributed by atoms with Gasteiger partial charge in [0, 0.05) is 0 Å². The van der Waals surface area contributed by atoms with Crippen molar-refractivity contribution in [1.29, 1.82) is 0 Å². The highest BCUT2D eigenvalue weighted by atomic mass is 16.7. The maximum Gasteiger partial charge on any atom is 0.187 e. The molecule has 0 radical (unpaired) electrons. The summed E-state index contributed by atoms with van der Waals surface area (Å²) in [6.45, 7) is -2.06. The fourth-order valence-electron chi connectivity index (χ4n) is 2.18. The molecule has 1 fully saturated rings. The average molecular weight is 356 g/mol. The molecule has 1 aliphatic rings. The molecule has 0 aromatic carbocycles. The van der Waals surface area contributed by atoms with Crippen molar-refractivity contribution < 1.29 is 50.0 Å². The van der Waals surface area contributed by atoms with Crippen LogP contribution in [0.2, 0.25) is 0 Å². The lowest BCUT2D eigenvalue weighted by Crippen LogP contribution is -2.61. The molecule has 142 valence electrons. The number of hydrazine groups is 1. The second kappa shape index (κ2) is 9.65. The first-order chi connectivity index (χ1) is 11.3. The monoisotopic (exact) mass is 356 g/mol. The standard InChI is InChI=1S/C12H24N2O10/c13-14-1-4(17)11(7(19)5(18)2-15)24-12-10(22)9(21)8(20)6(3-16)23-12/h5-12,14-16,18-22H,1-3,13H2/t5-,6-,7-,8-,9+,10+,11-,12-/m1/s1. The molecule has 1 aliphatic heterocycles. The van der Waals surface area contributed by atoms with E-state index in [-0.39, 0.29) is 0 Å². The van der Waals surface area contributed by atoms with Crippen molar-refractivity contribution in [3.63, 3.8) is 0 Å². The van der Waals surface area contributed by atoms with E-state index in [9.17, 15) is 30.3 Å². The Bertz CT molecular complexity index is 398. The highest BCUT2D eigenvalue weighted by Crippen LogP contribution is 2.24. The first-order valence-corrected chi connectivity index (χ1v) is 7.17. The summed E-state index contributed by atoms with van der Waals surface area (Å²) in [6.07, 6.45) is -13.6. The molecule has 0 unspecified atom stereocenters. The van der Waals surface area contributed by atoms with Crippen LogP contribution in [-0.2, 0) is 14.3 Å². The van der Waals surface area contributed by atoms with Crippen molar-refractivity contribution in [1.82, 2.24) is 5.43 Å². The number of nitrogens with two attached hydrogens (primary N) is 1. The second-order valence-electron chi connectivity index (χ2n) is 5.34. The Hall–Kier alpha value is -0.770. The number of ketones is 1. The van der Waals surface area contributed by atoms with E-state index in [0.717, 1.165) is 0 Å². The summed E-state index contributed by atoms with van der Waals surface area (Å²) in [5.41, 5.74) is 2.03. The molecule has 0 amide bonds. The zero-order chi connectivity index (χ0) is 18.4. The zero-order valence-corrected chi connectivity index (χ0v) is 12.7. The van der Waals surface area contributed by atoms with Gasteiger partial charge in [-0.3, -0.25) is 16.1 Å². The molecule has 0 bridgehead atoms. The summed E-state index contributed by atoms with van der Waals surface area (Å²) in [5, 5.41) is 66.6. The molecule has 0 aliphatic carbocycles. The highest BCUT2D eigenvalue weighted by molar-refractivity contribution is 5.85. The number of rotatable bonds is 9. The highest BCUT2D eigenvalue weighted by Gasteiger charge is 2.46. The zero-order valence-electron chi connectivity index (χ0n) is 12.7. The fourth-order valence-corrected chi connectivity index (χ4v) is 2.18. The summed E-state index contributed by atoms with van der Waals surface area (Å²) in [6, 6.07) is 0. The van der Waals surface area contributed by atoms with Crippen LogP contribution in [0.25, 0.3) is 0 Å². The molecule has 8 atom stereocenters. The maximum absolute atomic E-state index is 12.0. The topological polar surface area (TPSA) is 215 Å². The number of nitrogens with one attached hydrogen (secondary N) is 1. The minimum atomic E-state index is -1.89. The van der Waals surface area contributed by atoms with Gasteiger partial charge in [0.05, 0.1) is 19.8 Å². The number of ether oxygens (including phenoxy) is 2. The largest absolute Gasteiger partial charge is 0.394 e. The van der Waals surface area contributed by atoms with Gasteiger partial charge >= 0.3 is 0 Å². The van der Waals surface area contributed by atoms with Crippen LogP contribution in [0.1, 0.15) is 0 Å². The number of carbonyl (C=O) groups is 1. The van der Waals surface area contributed by atoms with Gasteiger partial charge in [-0.1, -0.05) is 0 Å². The summed E-state index contributed by atoms with van der Waals surface area (Å²) >= 11 is 0. The van der Waals surface area contributed by atoms with E-state index in [1.807, 2.05) is 5.43 Å². The van der Waals surface area contributed by atoms with Crippen LogP contribution in [0.3, 0.4) is 0 Å². The normalized spacial score (nSPS) is 34.6. The van der Waals surface area contributed by atoms with Gasteiger partial charge in [-0.25, -0.2) is 0 Å². The van der Waals surface area contributed by atoms with Crippen LogP contribution < -0.4 is 11.3 Å². The van der Waals surface area contributed by atoms with Gasteiger partial charge < -0.3 is 45.2 Å². The van der Waals surface area contributed by atoms with Crippen LogP contribution in [-0.4, -0.2) is 110 Å². The fraction of sp³-hybridized carbons (Fsp3) is 0.917. The molecular formula is C12H24N2O10. The van der Waals surface area contributed by atoms with Crippen molar-refractivity contribution in [2.24, 2.45) is 5.84 Å². The van der Waals surface area contributed by atoms with E-state index in [4.69, 9.17) is 25.5 Å². The van der Waals surface area contributed by atoms with Crippen molar-refractivity contribution in [3.8, 4) is 0 Å². The Balaban J connectivity index is 2.93. The first kappa shape index (κ1) is 21.3. The summed E-state index contributed by atoms with van der Waals surface area (Å²) < 4.78 is 10.2. The maximum atomic E-state index is 12.0. The van der Waals surface area contributed by atoms with Crippen LogP contribution >= 0.6 is 0 Å². The summed E-state index contributed by atoms with van der Waals surface area (Å²) in [7, 11) is 0. The quantitative estimate of drug-likeness (QED) is 0.139. The Morgan fingerprint density at radius 1 is 1.17 bits per heavy atom. The molecule has 1 rings (SSSR count). The van der Waals surface area contributed by atoms with Gasteiger partial charge in [0.2, 0.25) is 0 Å². The summed E-state index contributed by atoms with van der Waals surface area (Å²) in [4.78, 5) is 12.0. The lowest BCUT2D eigenvalue weighted by molar-refractivity contribution is -0.315. The van der Waals surface area contributed by atoms with E-state index in [0.29, 0.717) is 0 Å². The van der Waals surface area contributed by atoms with Crippen LogP contribution in [0.5, 0.6) is 0 Å². The minimum Gasteiger partial charge on any atom is -0.394 e. The van der Waals surface area contributed by atoms with E-state index in [1.165, 1.54) is 0 Å². The minimum absolute atomic E-state index is 0.475. The third kappa shape index (κ3) is 4.87. The SMILES string of the molecule is NNCC(=O)[C@@H](O[C@H]1O[C@H](CO)[C@@H](O)[C@H](O)[C@@H]1O)[C@H](O)[C@H](O)CO. The lowest BCUT2D eigenvalue weighted by Gasteiger charge is -2.41. The number of aliphatic hydroxyl groups is 7. The number of carbonyl (C=O) groups excluding carboxylic acids is 1. The predicted octanol–water partition coefficient (Wildman–Crippen LogP) is -6.08. The molecule has 1 saturated heterocycles. The molecule has 0 spiro atoms. The number of hydrogen-bond acceptors (Lipinski definition) is 12. The van der Waals surface area contributed by atoms with E-state index in [1.54, 1.807) is 0 Å². The molecule has 24 heavy (non-hydrogen) atoms. The Morgan fingerprint density at radius 3 is 2.29 bits per heavy atom. The van der Waals surface area contributed by atoms with Gasteiger partial charge in [0.1, 0.15) is 42.7 Å². The predicted molar refractivity (Wildman–Crippen MR) is 74.9 cm³/mol. The number of Topliss-reactive ketones (excluding diaryl/α,β-unsaturated/α-hetero) is 1. The van der Waals surface area contributed by atoms with E-state index in [2.05, 4.69) is 0 Å². The van der Waals surface area contributed by atoms with Crippen molar-refractivity contribution in [2.75, 3.05) is 19.8 Å². The second-order valence-corrected chi connectivity index (χ2v) is 5.34. The molecule has 0 saturated carbocycles. The molecule has 12 nitrogen and oxygen atoms in total. The number of hydrogen-bond donors (Lipinski definition) is 9. The Morgan fingerprint density at radius 2 is 1.79 bits per heavy atom. The molecule has 0 aromatic heterocycles. The van der Waals surface area contributed by atoms with Gasteiger partial charge in [-0.15, -0.1) is 0 Å². The van der Waals surface area contributed by atoms with Crippen LogP contribution in [0.15, 0.2) is 0 Å². The molecule has 12 heteroatoms. The molecule has 10 N–H and O–H groups in total. The van der Waals surface area contributed by atoms with Gasteiger partial charge in [-0.2, -0.15) is 0 Å². The summed E-state index contributed by atoms with van der Waals surface area (Å²) in [5.74, 6) is 4.18. The average Bonchev–Trinajstić information content (AvgIpc) is 2.58. The Labute approximate surface area is 137 Å². The van der Waals surface area contributed by atoms with Crippen LogP contribution in [0.4, 0.5) is 0 Å². The van der Waals surface area contributed by atoms with Crippen molar-refractivity contribution >= 4 is 5.78 Å². The smallest absolute Gasteiger partial charge is 0.187 e. The Kier molecular flexibility index (Phi) is 8.55. The van der Waals surface area contributed by atoms with E-state index >= 15 is 0 Å². The van der Waals surface area contributed by atoms with Gasteiger partial charge in [-0.05, 0) is 0 Å². The van der Waals surface area contributed by atoms with Crippen molar-refractivity contribution in [2.45, 2.75) is 49.0 Å². The van der Waals surface area contributed by atoms with Crippen molar-refractivity contribution in [3.05, 3.63) is 0 Å². The third-order valence-electron chi connectivity index (χ3n) is 3.61.